The summed E-state index contributed by atoms with van der Waals surface area (Å²) in [5.41, 5.74) is 1.60. The molecule has 1 N–H and O–H groups in total. The highest BCUT2D eigenvalue weighted by molar-refractivity contribution is 8.04. The minimum atomic E-state index is -1.04. The Bertz CT molecular complexity index is 1060. The van der Waals surface area contributed by atoms with Gasteiger partial charge in [0.1, 0.15) is 17.3 Å². The topological polar surface area (TPSA) is 77.2 Å². The van der Waals surface area contributed by atoms with Crippen LogP contribution >= 0.6 is 23.4 Å². The second-order valence-electron chi connectivity index (χ2n) is 6.14. The minimum absolute atomic E-state index is 0.138. The van der Waals surface area contributed by atoms with E-state index in [-0.39, 0.29) is 4.91 Å². The fraction of sp³-hybridized carbons (Fsp3) is 0.136. The van der Waals surface area contributed by atoms with Crippen molar-refractivity contribution in [3.63, 3.8) is 0 Å². The first-order chi connectivity index (χ1) is 14.5. The Kier molecular flexibility index (Phi) is 7.32. The van der Waals surface area contributed by atoms with Crippen LogP contribution in [-0.4, -0.2) is 32.4 Å². The quantitative estimate of drug-likeness (QED) is 0.272. The first-order valence-corrected chi connectivity index (χ1v) is 10.4. The molecule has 0 saturated heterocycles. The number of carboxylic acid groups (broad SMARTS) is 1. The summed E-state index contributed by atoms with van der Waals surface area (Å²) in [6.07, 6.45) is 3.26. The summed E-state index contributed by atoms with van der Waals surface area (Å²) in [5.74, 6) is 0.311. The monoisotopic (exact) mass is 441 g/mol. The number of hydrogen-bond donors (Lipinski definition) is 1. The van der Waals surface area contributed by atoms with Gasteiger partial charge in [0.05, 0.1) is 0 Å². The number of aliphatic carboxylic acids is 1. The number of nitrogens with zero attached hydrogens (tertiary/aromatic N) is 3. The molecular formula is C22H20ClN3O3S. The lowest BCUT2D eigenvalue weighted by Crippen LogP contribution is -2.02. The number of hydrogen-bond acceptors (Lipinski definition) is 5. The van der Waals surface area contributed by atoms with Crippen molar-refractivity contribution in [2.45, 2.75) is 18.6 Å². The molecule has 0 fully saturated rings. The lowest BCUT2D eigenvalue weighted by molar-refractivity contribution is -0.131. The molecule has 3 aromatic rings. The van der Waals surface area contributed by atoms with E-state index < -0.39 is 5.97 Å². The van der Waals surface area contributed by atoms with Gasteiger partial charge >= 0.3 is 5.97 Å². The highest BCUT2D eigenvalue weighted by Crippen LogP contribution is 2.31. The van der Waals surface area contributed by atoms with E-state index in [9.17, 15) is 9.90 Å². The van der Waals surface area contributed by atoms with Gasteiger partial charge < -0.3 is 14.4 Å². The molecule has 8 heteroatoms. The molecule has 0 aliphatic carbocycles. The Hall–Kier alpha value is -3.03. The van der Waals surface area contributed by atoms with Crippen LogP contribution in [0.1, 0.15) is 12.5 Å². The molecule has 0 atom stereocenters. The molecule has 0 aliphatic rings. The second kappa shape index (κ2) is 10.1. The zero-order valence-corrected chi connectivity index (χ0v) is 17.9. The molecule has 2 aromatic carbocycles. The molecular weight excluding hydrogens is 422 g/mol. The summed E-state index contributed by atoms with van der Waals surface area (Å²) in [5, 5.41) is 19.3. The molecule has 0 aliphatic heterocycles. The third-order valence-electron chi connectivity index (χ3n) is 4.09. The van der Waals surface area contributed by atoms with Crippen molar-refractivity contribution in [1.82, 2.24) is 14.8 Å². The molecule has 6 nitrogen and oxygen atoms in total. The van der Waals surface area contributed by atoms with Gasteiger partial charge in [-0.3, -0.25) is 0 Å². The Morgan fingerprint density at radius 3 is 2.50 bits per heavy atom. The van der Waals surface area contributed by atoms with Gasteiger partial charge in [-0.25, -0.2) is 4.79 Å². The number of carbonyl (C=O) groups is 1. The number of aromatic nitrogens is 3. The molecule has 30 heavy (non-hydrogen) atoms. The highest BCUT2D eigenvalue weighted by Gasteiger charge is 2.18. The third kappa shape index (κ3) is 5.31. The van der Waals surface area contributed by atoms with Crippen LogP contribution in [0, 0.1) is 0 Å². The van der Waals surface area contributed by atoms with E-state index in [0.717, 1.165) is 22.9 Å². The highest BCUT2D eigenvalue weighted by atomic mass is 35.5. The largest absolute Gasteiger partial charge is 0.490 e. The summed E-state index contributed by atoms with van der Waals surface area (Å²) in [7, 11) is 0. The van der Waals surface area contributed by atoms with E-state index in [1.54, 1.807) is 48.6 Å². The van der Waals surface area contributed by atoms with Crippen LogP contribution in [0.4, 0.5) is 0 Å². The Morgan fingerprint density at radius 1 is 1.20 bits per heavy atom. The first-order valence-electron chi connectivity index (χ1n) is 9.17. The summed E-state index contributed by atoms with van der Waals surface area (Å²) in [4.78, 5) is 12.0. The predicted octanol–water partition coefficient (Wildman–Crippen LogP) is 5.40. The van der Waals surface area contributed by atoms with Gasteiger partial charge in [0, 0.05) is 17.1 Å². The van der Waals surface area contributed by atoms with Gasteiger partial charge in [-0.2, -0.15) is 0 Å². The van der Waals surface area contributed by atoms with Gasteiger partial charge in [0.15, 0.2) is 11.0 Å². The van der Waals surface area contributed by atoms with Crippen molar-refractivity contribution >= 4 is 35.4 Å². The summed E-state index contributed by atoms with van der Waals surface area (Å²) < 4.78 is 7.32. The summed E-state index contributed by atoms with van der Waals surface area (Å²) in [6, 6.07) is 14.4. The van der Waals surface area contributed by atoms with Crippen LogP contribution < -0.4 is 4.74 Å². The van der Waals surface area contributed by atoms with E-state index >= 15 is 0 Å². The van der Waals surface area contributed by atoms with E-state index in [0.29, 0.717) is 34.9 Å². The van der Waals surface area contributed by atoms with Crippen LogP contribution in [0.3, 0.4) is 0 Å². The van der Waals surface area contributed by atoms with Crippen molar-refractivity contribution in [3.8, 4) is 17.1 Å². The van der Waals surface area contributed by atoms with Crippen molar-refractivity contribution in [3.05, 3.63) is 76.7 Å². The minimum Gasteiger partial charge on any atom is -0.490 e. The van der Waals surface area contributed by atoms with Crippen LogP contribution in [-0.2, 0) is 11.3 Å². The van der Waals surface area contributed by atoms with Gasteiger partial charge in [-0.1, -0.05) is 36.4 Å². The maximum absolute atomic E-state index is 11.8. The van der Waals surface area contributed by atoms with Crippen LogP contribution in [0.5, 0.6) is 5.75 Å². The molecule has 3 rings (SSSR count). The first kappa shape index (κ1) is 21.7. The maximum atomic E-state index is 11.8. The fourth-order valence-corrected chi connectivity index (χ4v) is 3.67. The van der Waals surface area contributed by atoms with Gasteiger partial charge in [0.25, 0.3) is 0 Å². The third-order valence-corrected chi connectivity index (χ3v) is 5.34. The van der Waals surface area contributed by atoms with Crippen LogP contribution in [0.15, 0.2) is 71.2 Å². The molecule has 0 saturated carbocycles. The average molecular weight is 442 g/mol. The molecule has 154 valence electrons. The number of benzene rings is 2. The summed E-state index contributed by atoms with van der Waals surface area (Å²) >= 11 is 7.02. The van der Waals surface area contributed by atoms with Gasteiger partial charge in [0.2, 0.25) is 0 Å². The van der Waals surface area contributed by atoms with Crippen molar-refractivity contribution in [1.29, 1.82) is 0 Å². The molecule has 0 bridgehead atoms. The Labute approximate surface area is 183 Å². The van der Waals surface area contributed by atoms with Crippen molar-refractivity contribution < 1.29 is 14.6 Å². The average Bonchev–Trinajstić information content (AvgIpc) is 3.15. The number of thioether (sulfide) groups is 1. The second-order valence-corrected chi connectivity index (χ2v) is 7.59. The predicted molar refractivity (Wildman–Crippen MR) is 120 cm³/mol. The SMILES string of the molecule is C=CCOc1ccc(/C=C(\Sc2nnc(-c3ccc(Cl)cc3)n2CC)C(=O)O)cc1. The number of rotatable bonds is 9. The lowest BCUT2D eigenvalue weighted by atomic mass is 10.2. The van der Waals surface area contributed by atoms with Gasteiger partial charge in [-0.05, 0) is 66.7 Å². The van der Waals surface area contributed by atoms with E-state index in [2.05, 4.69) is 16.8 Å². The van der Waals surface area contributed by atoms with E-state index in [4.69, 9.17) is 16.3 Å². The normalized spacial score (nSPS) is 11.3. The molecule has 1 heterocycles. The molecule has 0 spiro atoms. The fourth-order valence-electron chi connectivity index (χ4n) is 2.66. The van der Waals surface area contributed by atoms with E-state index in [1.807, 2.05) is 23.6 Å². The van der Waals surface area contributed by atoms with Crippen LogP contribution in [0.25, 0.3) is 17.5 Å². The molecule has 0 unspecified atom stereocenters. The molecule has 0 amide bonds. The van der Waals surface area contributed by atoms with Crippen molar-refractivity contribution in [2.75, 3.05) is 6.61 Å². The standard InChI is InChI=1S/C22H20ClN3O3S/c1-3-13-29-18-11-5-15(6-12-18)14-19(21(27)28)30-22-25-24-20(26(22)4-2)16-7-9-17(23)10-8-16/h3,5-12,14H,1,4,13H2,2H3,(H,27,28)/b19-14-. The van der Waals surface area contributed by atoms with Crippen LogP contribution in [0.2, 0.25) is 5.02 Å². The zero-order chi connectivity index (χ0) is 21.5. The Morgan fingerprint density at radius 2 is 1.90 bits per heavy atom. The molecule has 0 radical (unpaired) electrons. The van der Waals surface area contributed by atoms with Gasteiger partial charge in [-0.15, -0.1) is 10.2 Å². The Balaban J connectivity index is 1.86. The van der Waals surface area contributed by atoms with Crippen molar-refractivity contribution in [2.24, 2.45) is 0 Å². The number of carboxylic acids is 1. The zero-order valence-electron chi connectivity index (χ0n) is 16.3. The number of halogens is 1. The summed E-state index contributed by atoms with van der Waals surface area (Å²) in [6.45, 7) is 6.57. The van der Waals surface area contributed by atoms with E-state index in [1.165, 1.54) is 0 Å². The number of ether oxygens (including phenoxy) is 1. The smallest absolute Gasteiger partial charge is 0.342 e. The molecule has 1 aromatic heterocycles. The lowest BCUT2D eigenvalue weighted by Gasteiger charge is -2.08. The maximum Gasteiger partial charge on any atom is 0.342 e.